The van der Waals surface area contributed by atoms with Crippen molar-refractivity contribution in [3.8, 4) is 5.75 Å². The Morgan fingerprint density at radius 1 is 1.11 bits per heavy atom. The van der Waals surface area contributed by atoms with Crippen molar-refractivity contribution in [1.82, 2.24) is 8.87 Å². The van der Waals surface area contributed by atoms with Crippen molar-refractivity contribution in [2.24, 2.45) is 0 Å². The SMILES string of the molecule is Cc1cc(OC2CN(S(=O)(=O)c3c(Cl)cccc3Cl)C2)cc(=O)n1C1CC1. The summed E-state index contributed by atoms with van der Waals surface area (Å²) >= 11 is 12.1. The van der Waals surface area contributed by atoms with Gasteiger partial charge in [-0.1, -0.05) is 29.3 Å². The summed E-state index contributed by atoms with van der Waals surface area (Å²) < 4.78 is 34.3. The molecule has 1 aliphatic carbocycles. The van der Waals surface area contributed by atoms with Gasteiger partial charge < -0.3 is 9.30 Å². The normalized spacial score (nSPS) is 18.3. The van der Waals surface area contributed by atoms with Crippen LogP contribution in [-0.4, -0.2) is 36.5 Å². The third-order valence-corrected chi connectivity index (χ3v) is 7.57. The van der Waals surface area contributed by atoms with Gasteiger partial charge in [-0.2, -0.15) is 4.31 Å². The Labute approximate surface area is 167 Å². The van der Waals surface area contributed by atoms with E-state index in [-0.39, 0.29) is 39.7 Å². The summed E-state index contributed by atoms with van der Waals surface area (Å²) in [5.41, 5.74) is 0.769. The minimum absolute atomic E-state index is 0.0841. The fraction of sp³-hybridized carbons (Fsp3) is 0.389. The highest BCUT2D eigenvalue weighted by molar-refractivity contribution is 7.89. The molecule has 0 bridgehead atoms. The van der Waals surface area contributed by atoms with Crippen LogP contribution in [0.1, 0.15) is 24.6 Å². The van der Waals surface area contributed by atoms with E-state index in [9.17, 15) is 13.2 Å². The van der Waals surface area contributed by atoms with Gasteiger partial charge in [-0.3, -0.25) is 4.79 Å². The maximum atomic E-state index is 12.7. The Bertz CT molecular complexity index is 1040. The van der Waals surface area contributed by atoms with Crippen molar-refractivity contribution >= 4 is 33.2 Å². The summed E-state index contributed by atoms with van der Waals surface area (Å²) in [4.78, 5) is 12.2. The maximum Gasteiger partial charge on any atom is 0.254 e. The summed E-state index contributed by atoms with van der Waals surface area (Å²) in [7, 11) is -3.79. The lowest BCUT2D eigenvalue weighted by atomic mass is 10.2. The molecule has 1 saturated heterocycles. The van der Waals surface area contributed by atoms with E-state index >= 15 is 0 Å². The average Bonchev–Trinajstić information content (AvgIpc) is 3.34. The number of pyridine rings is 1. The van der Waals surface area contributed by atoms with E-state index in [1.165, 1.54) is 22.5 Å². The van der Waals surface area contributed by atoms with Crippen LogP contribution < -0.4 is 10.3 Å². The first kappa shape index (κ1) is 18.8. The fourth-order valence-corrected chi connectivity index (χ4v) is 5.87. The molecule has 0 N–H and O–H groups in total. The molecule has 2 aliphatic rings. The molecule has 1 aliphatic heterocycles. The van der Waals surface area contributed by atoms with Gasteiger partial charge in [0, 0.05) is 17.8 Å². The third-order valence-electron chi connectivity index (χ3n) is 4.78. The molecule has 2 fully saturated rings. The molecule has 144 valence electrons. The Balaban J connectivity index is 1.46. The third kappa shape index (κ3) is 3.49. The molecule has 0 atom stereocenters. The first-order valence-corrected chi connectivity index (χ1v) is 10.8. The molecule has 0 unspecified atom stereocenters. The van der Waals surface area contributed by atoms with Gasteiger partial charge in [-0.25, -0.2) is 8.42 Å². The molecular weight excluding hydrogens is 411 g/mol. The molecule has 2 heterocycles. The fourth-order valence-electron chi connectivity index (χ4n) is 3.27. The molecule has 1 aromatic heterocycles. The van der Waals surface area contributed by atoms with Gasteiger partial charge in [0.15, 0.2) is 0 Å². The first-order valence-electron chi connectivity index (χ1n) is 8.61. The largest absolute Gasteiger partial charge is 0.487 e. The smallest absolute Gasteiger partial charge is 0.254 e. The molecule has 1 saturated carbocycles. The minimum Gasteiger partial charge on any atom is -0.487 e. The number of aryl methyl sites for hydroxylation is 1. The van der Waals surface area contributed by atoms with Crippen LogP contribution >= 0.6 is 23.2 Å². The lowest BCUT2D eigenvalue weighted by Crippen LogP contribution is -2.56. The minimum atomic E-state index is -3.79. The molecule has 4 rings (SSSR count). The van der Waals surface area contributed by atoms with E-state index in [1.807, 2.05) is 13.0 Å². The van der Waals surface area contributed by atoms with Gasteiger partial charge in [0.05, 0.1) is 23.1 Å². The summed E-state index contributed by atoms with van der Waals surface area (Å²) in [6.45, 7) is 2.23. The number of halogens is 2. The number of hydrogen-bond acceptors (Lipinski definition) is 4. The van der Waals surface area contributed by atoms with Gasteiger partial charge in [0.1, 0.15) is 16.7 Å². The van der Waals surface area contributed by atoms with Crippen LogP contribution in [0.25, 0.3) is 0 Å². The van der Waals surface area contributed by atoms with Crippen LogP contribution in [0.2, 0.25) is 10.0 Å². The Hall–Kier alpha value is -1.54. The van der Waals surface area contributed by atoms with Crippen LogP contribution in [0.3, 0.4) is 0 Å². The molecule has 1 aromatic carbocycles. The zero-order valence-corrected chi connectivity index (χ0v) is 16.9. The highest BCUT2D eigenvalue weighted by Crippen LogP contribution is 2.36. The molecular formula is C18H18Cl2N2O4S. The number of ether oxygens (including phenoxy) is 1. The van der Waals surface area contributed by atoms with Crippen molar-refractivity contribution < 1.29 is 13.2 Å². The van der Waals surface area contributed by atoms with Crippen molar-refractivity contribution in [1.29, 1.82) is 0 Å². The monoisotopic (exact) mass is 428 g/mol. The summed E-state index contributed by atoms with van der Waals surface area (Å²) in [5.74, 6) is 0.465. The topological polar surface area (TPSA) is 68.6 Å². The van der Waals surface area contributed by atoms with E-state index in [0.717, 1.165) is 18.5 Å². The quantitative estimate of drug-likeness (QED) is 0.732. The number of rotatable bonds is 5. The standard InChI is InChI=1S/C18H18Cl2N2O4S/c1-11-7-13(8-17(23)22(11)12-5-6-12)26-14-9-21(10-14)27(24,25)18-15(19)3-2-4-16(18)20/h2-4,7-8,12,14H,5-6,9-10H2,1H3. The van der Waals surface area contributed by atoms with Crippen LogP contribution in [0.4, 0.5) is 0 Å². The Morgan fingerprint density at radius 3 is 2.30 bits per heavy atom. The van der Waals surface area contributed by atoms with Crippen LogP contribution in [0, 0.1) is 6.92 Å². The van der Waals surface area contributed by atoms with Crippen molar-refractivity contribution in [2.75, 3.05) is 13.1 Å². The zero-order valence-electron chi connectivity index (χ0n) is 14.6. The number of benzene rings is 1. The van der Waals surface area contributed by atoms with Crippen LogP contribution in [0.15, 0.2) is 40.0 Å². The molecule has 9 heteroatoms. The second kappa shape index (κ2) is 6.81. The molecule has 27 heavy (non-hydrogen) atoms. The van der Waals surface area contributed by atoms with E-state index in [4.69, 9.17) is 27.9 Å². The molecule has 6 nitrogen and oxygen atoms in total. The molecule has 0 spiro atoms. The van der Waals surface area contributed by atoms with Gasteiger partial charge in [0.2, 0.25) is 10.0 Å². The first-order chi connectivity index (χ1) is 12.8. The highest BCUT2D eigenvalue weighted by atomic mass is 35.5. The molecule has 0 radical (unpaired) electrons. The Kier molecular flexibility index (Phi) is 4.74. The van der Waals surface area contributed by atoms with Crippen LogP contribution in [-0.2, 0) is 10.0 Å². The zero-order chi connectivity index (χ0) is 19.3. The second-order valence-electron chi connectivity index (χ2n) is 6.88. The summed E-state index contributed by atoms with van der Waals surface area (Å²) in [6, 6.07) is 8.17. The van der Waals surface area contributed by atoms with Crippen molar-refractivity contribution in [3.63, 3.8) is 0 Å². The van der Waals surface area contributed by atoms with Crippen molar-refractivity contribution in [2.45, 2.75) is 36.8 Å². The number of nitrogens with zero attached hydrogens (tertiary/aromatic N) is 2. The van der Waals surface area contributed by atoms with Gasteiger partial charge >= 0.3 is 0 Å². The van der Waals surface area contributed by atoms with Gasteiger partial charge in [0.25, 0.3) is 5.56 Å². The number of hydrogen-bond donors (Lipinski definition) is 0. The van der Waals surface area contributed by atoms with E-state index in [2.05, 4.69) is 0 Å². The van der Waals surface area contributed by atoms with Crippen molar-refractivity contribution in [3.05, 3.63) is 56.4 Å². The number of sulfonamides is 1. The predicted molar refractivity (Wildman–Crippen MR) is 103 cm³/mol. The second-order valence-corrected chi connectivity index (χ2v) is 9.57. The summed E-state index contributed by atoms with van der Waals surface area (Å²) in [6.07, 6.45) is 1.73. The summed E-state index contributed by atoms with van der Waals surface area (Å²) in [5, 5.41) is 0.178. The van der Waals surface area contributed by atoms with E-state index in [1.54, 1.807) is 10.6 Å². The molecule has 0 amide bonds. The maximum absolute atomic E-state index is 12.7. The number of aromatic nitrogens is 1. The lowest BCUT2D eigenvalue weighted by Gasteiger charge is -2.38. The van der Waals surface area contributed by atoms with Gasteiger partial charge in [-0.15, -0.1) is 0 Å². The van der Waals surface area contributed by atoms with Crippen LogP contribution in [0.5, 0.6) is 5.75 Å². The van der Waals surface area contributed by atoms with E-state index in [0.29, 0.717) is 11.8 Å². The van der Waals surface area contributed by atoms with Gasteiger partial charge in [-0.05, 0) is 38.0 Å². The molecule has 2 aromatic rings. The predicted octanol–water partition coefficient (Wildman–Crippen LogP) is 3.25. The average molecular weight is 429 g/mol. The lowest BCUT2D eigenvalue weighted by molar-refractivity contribution is 0.0758. The Morgan fingerprint density at radius 2 is 1.74 bits per heavy atom. The van der Waals surface area contributed by atoms with E-state index < -0.39 is 10.0 Å². The highest BCUT2D eigenvalue weighted by Gasteiger charge is 2.40.